The van der Waals surface area contributed by atoms with Crippen molar-refractivity contribution in [2.24, 2.45) is 0 Å². The van der Waals surface area contributed by atoms with Gasteiger partial charge in [0.05, 0.1) is 6.26 Å². The number of pyridine rings is 1. The first-order valence-electron chi connectivity index (χ1n) is 11.5. The van der Waals surface area contributed by atoms with E-state index in [0.717, 1.165) is 71.0 Å². The molecule has 0 atom stereocenters. The van der Waals surface area contributed by atoms with E-state index in [1.54, 1.807) is 6.26 Å². The van der Waals surface area contributed by atoms with Crippen molar-refractivity contribution in [3.8, 4) is 11.1 Å². The lowest BCUT2D eigenvalue weighted by Gasteiger charge is -2.34. The summed E-state index contributed by atoms with van der Waals surface area (Å²) in [7, 11) is 2.12. The van der Waals surface area contributed by atoms with Crippen LogP contribution in [0.4, 0.5) is 5.69 Å². The number of rotatable bonds is 6. The lowest BCUT2D eigenvalue weighted by Crippen LogP contribution is -2.37. The Bertz CT molecular complexity index is 1110. The first kappa shape index (κ1) is 23.1. The minimum atomic E-state index is -0.0870. The number of nitrogens with one attached hydrogen (secondary N) is 1. The lowest BCUT2D eigenvalue weighted by atomic mass is 9.96. The smallest absolute Gasteiger partial charge is 0.251 e. The average molecular weight is 448 g/mol. The molecule has 2 aromatic heterocycles. The first-order valence-corrected chi connectivity index (χ1v) is 11.5. The second kappa shape index (κ2) is 9.79. The number of carbonyl (C=O) groups excluding carboxylic acids is 1. The van der Waals surface area contributed by atoms with E-state index in [1.807, 2.05) is 46.0 Å². The van der Waals surface area contributed by atoms with Gasteiger partial charge in [-0.15, -0.1) is 0 Å². The molecule has 1 aliphatic rings. The molecular weight excluding hydrogens is 414 g/mol. The maximum atomic E-state index is 13.4. The number of hydrogen-bond acceptors (Lipinski definition) is 5. The van der Waals surface area contributed by atoms with Gasteiger partial charge in [-0.05, 0) is 75.4 Å². The van der Waals surface area contributed by atoms with Crippen LogP contribution in [0, 0.1) is 27.7 Å². The molecule has 0 unspecified atom stereocenters. The van der Waals surface area contributed by atoms with Crippen molar-refractivity contribution in [3.63, 3.8) is 0 Å². The topological polar surface area (TPSA) is 67.6 Å². The van der Waals surface area contributed by atoms with Gasteiger partial charge >= 0.3 is 0 Å². The summed E-state index contributed by atoms with van der Waals surface area (Å²) >= 11 is 0. The molecule has 1 saturated heterocycles. The van der Waals surface area contributed by atoms with Crippen molar-refractivity contribution in [3.05, 3.63) is 70.4 Å². The molecule has 1 aromatic carbocycles. The SMILES string of the molecule is Cc1ccc(-c2cc(C(=O)NCc3c(C)coc3C)c(C)c(N(C)C3CCOCC3)c2)cn1. The number of aromatic nitrogens is 1. The first-order chi connectivity index (χ1) is 15.8. The third kappa shape index (κ3) is 4.96. The van der Waals surface area contributed by atoms with Crippen LogP contribution in [0.15, 0.2) is 41.1 Å². The van der Waals surface area contributed by atoms with Gasteiger partial charge < -0.3 is 19.4 Å². The average Bonchev–Trinajstić information content (AvgIpc) is 3.15. The van der Waals surface area contributed by atoms with Gasteiger partial charge in [0.25, 0.3) is 5.91 Å². The van der Waals surface area contributed by atoms with E-state index in [0.29, 0.717) is 18.2 Å². The van der Waals surface area contributed by atoms with Gasteiger partial charge in [0, 0.05) is 67.1 Å². The molecule has 174 valence electrons. The molecular formula is C27H33N3O3. The Morgan fingerprint density at radius 2 is 1.88 bits per heavy atom. The van der Waals surface area contributed by atoms with Crippen LogP contribution < -0.4 is 10.2 Å². The Morgan fingerprint density at radius 3 is 2.52 bits per heavy atom. The zero-order chi connectivity index (χ0) is 23.5. The van der Waals surface area contributed by atoms with E-state index in [2.05, 4.69) is 34.4 Å². The van der Waals surface area contributed by atoms with Crippen LogP contribution in [-0.4, -0.2) is 37.2 Å². The molecule has 0 saturated carbocycles. The van der Waals surface area contributed by atoms with Crippen molar-refractivity contribution in [1.82, 2.24) is 10.3 Å². The minimum Gasteiger partial charge on any atom is -0.469 e. The number of benzene rings is 1. The van der Waals surface area contributed by atoms with E-state index < -0.39 is 0 Å². The highest BCUT2D eigenvalue weighted by atomic mass is 16.5. The molecule has 1 aliphatic heterocycles. The summed E-state index contributed by atoms with van der Waals surface area (Å²) in [5, 5.41) is 3.10. The molecule has 1 amide bonds. The molecule has 6 nitrogen and oxygen atoms in total. The summed E-state index contributed by atoms with van der Waals surface area (Å²) in [4.78, 5) is 20.2. The molecule has 0 aliphatic carbocycles. The van der Waals surface area contributed by atoms with Crippen molar-refractivity contribution in [2.75, 3.05) is 25.2 Å². The van der Waals surface area contributed by atoms with Crippen LogP contribution in [0.5, 0.6) is 0 Å². The quantitative estimate of drug-likeness (QED) is 0.568. The zero-order valence-electron chi connectivity index (χ0n) is 20.2. The number of furan rings is 1. The Kier molecular flexibility index (Phi) is 6.84. The molecule has 1 N–H and O–H groups in total. The lowest BCUT2D eigenvalue weighted by molar-refractivity contribution is 0.0854. The third-order valence-corrected chi connectivity index (χ3v) is 6.73. The third-order valence-electron chi connectivity index (χ3n) is 6.73. The number of carbonyl (C=O) groups is 1. The predicted octanol–water partition coefficient (Wildman–Crippen LogP) is 5.12. The number of hydrogen-bond donors (Lipinski definition) is 1. The Balaban J connectivity index is 1.70. The second-order valence-corrected chi connectivity index (χ2v) is 8.95. The molecule has 0 radical (unpaired) electrons. The van der Waals surface area contributed by atoms with E-state index in [4.69, 9.17) is 9.15 Å². The van der Waals surface area contributed by atoms with Gasteiger partial charge in [-0.2, -0.15) is 0 Å². The Morgan fingerprint density at radius 1 is 1.12 bits per heavy atom. The number of nitrogens with zero attached hydrogens (tertiary/aromatic N) is 2. The zero-order valence-corrected chi connectivity index (χ0v) is 20.2. The van der Waals surface area contributed by atoms with Gasteiger partial charge in [0.15, 0.2) is 0 Å². The molecule has 4 rings (SSSR count). The minimum absolute atomic E-state index is 0.0870. The van der Waals surface area contributed by atoms with Gasteiger partial charge in [0.1, 0.15) is 5.76 Å². The van der Waals surface area contributed by atoms with Crippen LogP contribution in [-0.2, 0) is 11.3 Å². The number of anilines is 1. The van der Waals surface area contributed by atoms with Crippen molar-refractivity contribution in [1.29, 1.82) is 0 Å². The van der Waals surface area contributed by atoms with Crippen LogP contribution >= 0.6 is 0 Å². The van der Waals surface area contributed by atoms with Crippen molar-refractivity contribution in [2.45, 2.75) is 53.1 Å². The van der Waals surface area contributed by atoms with Gasteiger partial charge in [-0.25, -0.2) is 0 Å². The summed E-state index contributed by atoms with van der Waals surface area (Å²) in [5.74, 6) is 0.750. The van der Waals surface area contributed by atoms with Crippen molar-refractivity contribution < 1.29 is 13.9 Å². The normalized spacial score (nSPS) is 14.3. The summed E-state index contributed by atoms with van der Waals surface area (Å²) < 4.78 is 11.0. The van der Waals surface area contributed by atoms with Crippen LogP contribution in [0.3, 0.4) is 0 Å². The fraction of sp³-hybridized carbons (Fsp3) is 0.407. The Hall–Kier alpha value is -3.12. The standard InChI is InChI=1S/C27H33N3O3/c1-17-16-33-20(4)25(17)15-29-27(31)24-12-22(21-7-6-18(2)28-14-21)13-26(19(24)3)30(5)23-8-10-32-11-9-23/h6-7,12-14,16,23H,8-11,15H2,1-5H3,(H,29,31). The van der Waals surface area contributed by atoms with E-state index >= 15 is 0 Å². The molecule has 33 heavy (non-hydrogen) atoms. The number of aryl methyl sites for hydroxylation is 3. The molecule has 1 fully saturated rings. The largest absolute Gasteiger partial charge is 0.469 e. The predicted molar refractivity (Wildman–Crippen MR) is 131 cm³/mol. The highest BCUT2D eigenvalue weighted by Crippen LogP contribution is 2.33. The summed E-state index contributed by atoms with van der Waals surface area (Å²) in [5.41, 5.74) is 7.76. The van der Waals surface area contributed by atoms with E-state index in [9.17, 15) is 4.79 Å². The summed E-state index contributed by atoms with van der Waals surface area (Å²) in [6, 6.07) is 8.61. The Labute approximate surface area is 196 Å². The fourth-order valence-corrected chi connectivity index (χ4v) is 4.50. The second-order valence-electron chi connectivity index (χ2n) is 8.95. The maximum absolute atomic E-state index is 13.4. The summed E-state index contributed by atoms with van der Waals surface area (Å²) in [6.07, 6.45) is 5.56. The number of amides is 1. The van der Waals surface area contributed by atoms with Crippen LogP contribution in [0.25, 0.3) is 11.1 Å². The van der Waals surface area contributed by atoms with Gasteiger partial charge in [-0.1, -0.05) is 6.07 Å². The highest BCUT2D eigenvalue weighted by Gasteiger charge is 2.23. The highest BCUT2D eigenvalue weighted by molar-refractivity contribution is 5.98. The van der Waals surface area contributed by atoms with Crippen LogP contribution in [0.2, 0.25) is 0 Å². The number of ether oxygens (including phenoxy) is 1. The summed E-state index contributed by atoms with van der Waals surface area (Å²) in [6.45, 7) is 9.90. The van der Waals surface area contributed by atoms with Gasteiger partial charge in [0.2, 0.25) is 0 Å². The molecule has 3 heterocycles. The van der Waals surface area contributed by atoms with E-state index in [-0.39, 0.29) is 5.91 Å². The molecule has 0 bridgehead atoms. The van der Waals surface area contributed by atoms with Crippen molar-refractivity contribution >= 4 is 11.6 Å². The fourth-order valence-electron chi connectivity index (χ4n) is 4.50. The molecule has 0 spiro atoms. The van der Waals surface area contributed by atoms with Crippen LogP contribution in [0.1, 0.15) is 51.3 Å². The monoisotopic (exact) mass is 447 g/mol. The van der Waals surface area contributed by atoms with E-state index in [1.165, 1.54) is 0 Å². The van der Waals surface area contributed by atoms with Gasteiger partial charge in [-0.3, -0.25) is 9.78 Å². The maximum Gasteiger partial charge on any atom is 0.251 e. The molecule has 3 aromatic rings. The molecule has 6 heteroatoms.